The second-order valence-electron chi connectivity index (χ2n) is 10.1. The lowest BCUT2D eigenvalue weighted by Gasteiger charge is -2.48. The van der Waals surface area contributed by atoms with E-state index in [4.69, 9.17) is 28.4 Å². The minimum Gasteiger partial charge on any atom is -0.497 e. The summed E-state index contributed by atoms with van der Waals surface area (Å²) in [6.07, 6.45) is -4.15. The van der Waals surface area contributed by atoms with E-state index in [0.717, 1.165) is 56.1 Å². The van der Waals surface area contributed by atoms with Gasteiger partial charge in [-0.15, -0.1) is 0 Å². The first-order valence-electron chi connectivity index (χ1n) is 13.3. The van der Waals surface area contributed by atoms with Crippen molar-refractivity contribution in [2.75, 3.05) is 13.7 Å². The van der Waals surface area contributed by atoms with E-state index in [0.29, 0.717) is 0 Å². The Morgan fingerprint density at radius 2 is 1.51 bits per heavy atom. The van der Waals surface area contributed by atoms with Gasteiger partial charge in [-0.3, -0.25) is 19.2 Å². The van der Waals surface area contributed by atoms with Crippen molar-refractivity contribution in [3.63, 3.8) is 0 Å². The molecule has 0 unspecified atom stereocenters. The molecule has 6 atom stereocenters. The van der Waals surface area contributed by atoms with Crippen LogP contribution in [0.5, 0.6) is 5.75 Å². The molecule has 0 bridgehead atoms. The number of rotatable bonds is 8. The van der Waals surface area contributed by atoms with Crippen molar-refractivity contribution in [3.05, 3.63) is 64.7 Å². The number of hydrogen-bond donors (Lipinski definition) is 1. The maximum absolute atomic E-state index is 12.2. The van der Waals surface area contributed by atoms with Crippen LogP contribution in [0, 0.1) is 0 Å². The normalized spacial score (nSPS) is 26.8. The summed E-state index contributed by atoms with van der Waals surface area (Å²) in [5.41, 5.74) is 3.28. The first-order valence-corrected chi connectivity index (χ1v) is 13.3. The van der Waals surface area contributed by atoms with E-state index < -0.39 is 60.7 Å². The minimum absolute atomic E-state index is 0.00475. The van der Waals surface area contributed by atoms with Gasteiger partial charge in [-0.2, -0.15) is 0 Å². The zero-order chi connectivity index (χ0) is 29.9. The lowest BCUT2D eigenvalue weighted by molar-refractivity contribution is -0.360. The molecule has 2 aliphatic rings. The standard InChI is InChI=1S/C30H34O11/c1-16(31)37-15-26-27(38-17(2)32)28(39-18(3)33)29(40-19(4)34)30(35,41-26)22-10-6-21-9-13-24(25(21)14-22)20-7-11-23(36-5)12-8-20/h6-8,10-12,14,24,26-29,35H,9,13,15H2,1-5H3/t24-,26-,27-,28+,29-,30-/m1/s1. The van der Waals surface area contributed by atoms with Crippen molar-refractivity contribution in [2.24, 2.45) is 0 Å². The van der Waals surface area contributed by atoms with Crippen molar-refractivity contribution >= 4 is 23.9 Å². The van der Waals surface area contributed by atoms with Gasteiger partial charge in [0.2, 0.25) is 11.9 Å². The highest BCUT2D eigenvalue weighted by molar-refractivity contribution is 5.69. The first kappa shape index (κ1) is 30.0. The highest BCUT2D eigenvalue weighted by atomic mass is 16.7. The zero-order valence-corrected chi connectivity index (χ0v) is 23.6. The number of benzene rings is 2. The van der Waals surface area contributed by atoms with E-state index in [1.807, 2.05) is 30.3 Å². The quantitative estimate of drug-likeness (QED) is 0.369. The largest absolute Gasteiger partial charge is 0.497 e. The van der Waals surface area contributed by atoms with Gasteiger partial charge in [-0.1, -0.05) is 24.3 Å². The average molecular weight is 571 g/mol. The lowest BCUT2D eigenvalue weighted by Crippen LogP contribution is -2.66. The van der Waals surface area contributed by atoms with E-state index in [9.17, 15) is 24.3 Å². The van der Waals surface area contributed by atoms with E-state index in [1.54, 1.807) is 19.2 Å². The van der Waals surface area contributed by atoms with Crippen LogP contribution >= 0.6 is 0 Å². The summed E-state index contributed by atoms with van der Waals surface area (Å²) in [7, 11) is 1.60. The van der Waals surface area contributed by atoms with E-state index >= 15 is 0 Å². The average Bonchev–Trinajstić information content (AvgIpc) is 3.34. The molecule has 1 N–H and O–H groups in total. The minimum atomic E-state index is -2.38. The highest BCUT2D eigenvalue weighted by Gasteiger charge is 2.60. The van der Waals surface area contributed by atoms with Crippen molar-refractivity contribution in [2.45, 2.75) is 76.7 Å². The Kier molecular flexibility index (Phi) is 8.98. The Hall–Kier alpha value is -3.96. The van der Waals surface area contributed by atoms with Crippen LogP contribution in [0.2, 0.25) is 0 Å². The maximum atomic E-state index is 12.2. The molecule has 220 valence electrons. The molecule has 0 aromatic heterocycles. The first-order chi connectivity index (χ1) is 19.4. The molecule has 0 spiro atoms. The smallest absolute Gasteiger partial charge is 0.303 e. The third kappa shape index (κ3) is 6.52. The summed E-state index contributed by atoms with van der Waals surface area (Å²) in [6, 6.07) is 13.0. The lowest BCUT2D eigenvalue weighted by atomic mass is 9.85. The van der Waals surface area contributed by atoms with Crippen LogP contribution in [0.25, 0.3) is 0 Å². The van der Waals surface area contributed by atoms with Crippen LogP contribution in [0.15, 0.2) is 42.5 Å². The molecular formula is C30H34O11. The van der Waals surface area contributed by atoms with Gasteiger partial charge in [0.15, 0.2) is 12.2 Å². The van der Waals surface area contributed by atoms with Gasteiger partial charge >= 0.3 is 23.9 Å². The number of carbonyl (C=O) groups excluding carboxylic acids is 4. The fourth-order valence-corrected chi connectivity index (χ4v) is 5.52. The van der Waals surface area contributed by atoms with Gasteiger partial charge in [0.05, 0.1) is 7.11 Å². The fraction of sp³-hybridized carbons (Fsp3) is 0.467. The van der Waals surface area contributed by atoms with Crippen LogP contribution in [0.1, 0.15) is 62.3 Å². The predicted molar refractivity (Wildman–Crippen MR) is 142 cm³/mol. The molecule has 1 heterocycles. The Balaban J connectivity index is 1.81. The molecule has 41 heavy (non-hydrogen) atoms. The van der Waals surface area contributed by atoms with Crippen molar-refractivity contribution in [3.8, 4) is 5.75 Å². The topological polar surface area (TPSA) is 144 Å². The van der Waals surface area contributed by atoms with Crippen LogP contribution in [0.3, 0.4) is 0 Å². The Morgan fingerprint density at radius 3 is 2.10 bits per heavy atom. The summed E-state index contributed by atoms with van der Waals surface area (Å²) in [4.78, 5) is 48.1. The predicted octanol–water partition coefficient (Wildman–Crippen LogP) is 2.68. The Labute approximate surface area is 237 Å². The van der Waals surface area contributed by atoms with Crippen LogP contribution < -0.4 is 4.74 Å². The molecule has 0 amide bonds. The monoisotopic (exact) mass is 570 g/mol. The van der Waals surface area contributed by atoms with Gasteiger partial charge < -0.3 is 33.5 Å². The molecule has 1 fully saturated rings. The van der Waals surface area contributed by atoms with Crippen molar-refractivity contribution in [1.82, 2.24) is 0 Å². The Morgan fingerprint density at radius 1 is 0.878 bits per heavy atom. The van der Waals surface area contributed by atoms with Crippen LogP contribution in [-0.2, 0) is 55.1 Å². The number of hydrogen-bond acceptors (Lipinski definition) is 11. The molecule has 11 nitrogen and oxygen atoms in total. The molecule has 1 aliphatic heterocycles. The number of aryl methyl sites for hydroxylation is 1. The van der Waals surface area contributed by atoms with Gasteiger partial charge in [0.25, 0.3) is 0 Å². The molecule has 4 rings (SSSR count). The fourth-order valence-electron chi connectivity index (χ4n) is 5.52. The summed E-state index contributed by atoms with van der Waals surface area (Å²) in [5, 5.41) is 12.2. The van der Waals surface area contributed by atoms with Crippen molar-refractivity contribution < 1.29 is 52.7 Å². The third-order valence-electron chi connectivity index (χ3n) is 7.21. The second-order valence-corrected chi connectivity index (χ2v) is 10.1. The van der Waals surface area contributed by atoms with Crippen LogP contribution in [-0.4, -0.2) is 67.1 Å². The van der Waals surface area contributed by atoms with E-state index in [-0.39, 0.29) is 11.5 Å². The van der Waals surface area contributed by atoms with E-state index in [2.05, 4.69) is 0 Å². The molecule has 1 saturated heterocycles. The number of aliphatic hydroxyl groups is 1. The summed E-state index contributed by atoms with van der Waals surface area (Å²) < 4.78 is 32.9. The molecule has 0 radical (unpaired) electrons. The maximum Gasteiger partial charge on any atom is 0.303 e. The van der Waals surface area contributed by atoms with Crippen LogP contribution in [0.4, 0.5) is 0 Å². The third-order valence-corrected chi connectivity index (χ3v) is 7.21. The molecule has 2 aromatic rings. The number of methoxy groups -OCH3 is 1. The SMILES string of the molecule is COc1ccc([C@H]2CCc3ccc([C@@]4(O)O[C@H](COC(C)=O)[C@@H](OC(C)=O)[C@H](OC(C)=O)[C@H]4OC(C)=O)cc32)cc1. The Bertz CT molecular complexity index is 1300. The zero-order valence-electron chi connectivity index (χ0n) is 23.6. The number of ether oxygens (including phenoxy) is 6. The van der Waals surface area contributed by atoms with E-state index in [1.165, 1.54) is 6.92 Å². The highest BCUT2D eigenvalue weighted by Crippen LogP contribution is 2.45. The number of fused-ring (bicyclic) bond motifs is 1. The summed E-state index contributed by atoms with van der Waals surface area (Å²) >= 11 is 0. The molecule has 1 aliphatic carbocycles. The number of carbonyl (C=O) groups is 4. The van der Waals surface area contributed by atoms with Gasteiger partial charge in [0.1, 0.15) is 18.5 Å². The van der Waals surface area contributed by atoms with Gasteiger partial charge in [-0.05, 0) is 47.7 Å². The van der Waals surface area contributed by atoms with Gasteiger partial charge in [0, 0.05) is 39.2 Å². The van der Waals surface area contributed by atoms with Gasteiger partial charge in [-0.25, -0.2) is 0 Å². The molecule has 2 aromatic carbocycles. The second kappa shape index (κ2) is 12.3. The summed E-state index contributed by atoms with van der Waals surface area (Å²) in [6.45, 7) is 4.12. The molecule has 11 heteroatoms. The molecule has 0 saturated carbocycles. The molecular weight excluding hydrogens is 536 g/mol. The summed E-state index contributed by atoms with van der Waals surface area (Å²) in [5.74, 6) is -4.63. The van der Waals surface area contributed by atoms with Crippen molar-refractivity contribution in [1.29, 1.82) is 0 Å². The number of esters is 4.